The lowest BCUT2D eigenvalue weighted by Crippen LogP contribution is -2.23. The number of amides is 2. The Labute approximate surface area is 378 Å². The largest absolute Gasteiger partial charge is 0.322 e. The van der Waals surface area contributed by atoms with Crippen molar-refractivity contribution in [1.29, 1.82) is 0 Å². The van der Waals surface area contributed by atoms with Gasteiger partial charge in [-0.3, -0.25) is 19.0 Å². The topological polar surface area (TPSA) is 142 Å². The molecule has 19 heteroatoms. The molecule has 6 aromatic carbocycles. The highest BCUT2D eigenvalue weighted by molar-refractivity contribution is 9.11. The molecule has 58 heavy (non-hydrogen) atoms. The van der Waals surface area contributed by atoms with E-state index in [1.807, 2.05) is 0 Å². The second kappa shape index (κ2) is 19.5. The second-order valence-corrected chi connectivity index (χ2v) is 19.4. The van der Waals surface area contributed by atoms with E-state index in [4.69, 9.17) is 23.2 Å². The predicted molar refractivity (Wildman–Crippen MR) is 242 cm³/mol. The van der Waals surface area contributed by atoms with Crippen molar-refractivity contribution in [3.8, 4) is 0 Å². The molecule has 0 spiro atoms. The van der Waals surface area contributed by atoms with Crippen molar-refractivity contribution in [1.82, 2.24) is 0 Å². The van der Waals surface area contributed by atoms with Crippen molar-refractivity contribution >= 4 is 142 Å². The van der Waals surface area contributed by atoms with Crippen LogP contribution in [-0.4, -0.2) is 28.6 Å². The molecule has 0 aliphatic carbocycles. The van der Waals surface area contributed by atoms with Crippen molar-refractivity contribution in [3.63, 3.8) is 0 Å². The zero-order valence-electron chi connectivity index (χ0n) is 29.5. The average molecular weight is 1120 g/mol. The maximum atomic E-state index is 13.4. The highest BCUT2D eigenvalue weighted by atomic mass is 79.9. The summed E-state index contributed by atoms with van der Waals surface area (Å²) < 4.78 is 72.9. The third-order valence-electron chi connectivity index (χ3n) is 7.94. The zero-order chi connectivity index (χ0) is 42.4. The number of hydrogen-bond donors (Lipinski definition) is 3. The van der Waals surface area contributed by atoms with E-state index in [9.17, 15) is 30.8 Å². The lowest BCUT2D eigenvalue weighted by atomic mass is 10.1. The summed E-state index contributed by atoms with van der Waals surface area (Å²) in [7, 11) is -8.07. The molecule has 0 fully saturated rings. The molecule has 2 amide bonds. The molecular formula is C39H27Br4Cl2FN4O6S2. The van der Waals surface area contributed by atoms with Crippen molar-refractivity contribution in [3.05, 3.63) is 173 Å². The molecule has 0 unspecified atom stereocenters. The van der Waals surface area contributed by atoms with Gasteiger partial charge in [0.1, 0.15) is 5.82 Å². The smallest absolute Gasteiger partial charge is 0.270 e. The molecule has 6 rings (SSSR count). The van der Waals surface area contributed by atoms with Gasteiger partial charge in [-0.1, -0.05) is 79.3 Å². The third kappa shape index (κ3) is 11.3. The van der Waals surface area contributed by atoms with Gasteiger partial charge in [-0.25, -0.2) is 25.2 Å². The number of carbonyl (C=O) groups excluding carboxylic acids is 2. The molecule has 10 nitrogen and oxygen atoms in total. The first-order valence-electron chi connectivity index (χ1n) is 16.3. The minimum absolute atomic E-state index is 0.0417. The normalized spacial score (nSPS) is 11.2. The second-order valence-electron chi connectivity index (χ2n) is 11.9. The summed E-state index contributed by atoms with van der Waals surface area (Å²) in [5.41, 5.74) is 2.06. The van der Waals surface area contributed by atoms with Crippen molar-refractivity contribution in [2.24, 2.45) is 0 Å². The number of nitrogens with one attached hydrogen (secondary N) is 3. The molecule has 0 heterocycles. The molecule has 0 saturated carbocycles. The Hall–Kier alpha value is -3.81. The summed E-state index contributed by atoms with van der Waals surface area (Å²) >= 11 is 25.0. The van der Waals surface area contributed by atoms with Crippen LogP contribution in [0.5, 0.6) is 0 Å². The molecule has 300 valence electrons. The first-order valence-corrected chi connectivity index (χ1v) is 23.1. The van der Waals surface area contributed by atoms with E-state index < -0.39 is 37.7 Å². The maximum Gasteiger partial charge on any atom is 0.270 e. The van der Waals surface area contributed by atoms with Crippen LogP contribution < -0.4 is 18.7 Å². The Morgan fingerprint density at radius 3 is 1.93 bits per heavy atom. The minimum atomic E-state index is -4.10. The van der Waals surface area contributed by atoms with Crippen LogP contribution in [0.4, 0.5) is 27.1 Å². The first-order chi connectivity index (χ1) is 27.4. The standard InChI is InChI=1S/C20H15Br2ClN2O3S.C19H12Br2ClFN2O3S/c1-12-17(23)6-3-7-18(12)29(27,28)25-19-15(4-2-5-16(19)22)20(26)24-14-10-8-13(21)9-11-14;20-12-5-7-13(8-6-12)25(21)19(26)15-3-1-2-4-18(15)24-29(27,28)14-9-10-17(23)16(22)11-14/h2-11,25H,1H3,(H,24,26);1-11,24H. The molecule has 0 aliphatic rings. The van der Waals surface area contributed by atoms with Gasteiger partial charge in [0.2, 0.25) is 0 Å². The van der Waals surface area contributed by atoms with Crippen LogP contribution in [0, 0.1) is 12.7 Å². The highest BCUT2D eigenvalue weighted by Crippen LogP contribution is 2.32. The van der Waals surface area contributed by atoms with Gasteiger partial charge in [-0.15, -0.1) is 0 Å². The number of nitrogens with zero attached hydrogens (tertiary/aromatic N) is 1. The van der Waals surface area contributed by atoms with Gasteiger partial charge in [0, 0.05) is 24.1 Å². The average Bonchev–Trinajstić information content (AvgIpc) is 3.18. The van der Waals surface area contributed by atoms with Gasteiger partial charge in [0.25, 0.3) is 31.9 Å². The van der Waals surface area contributed by atoms with E-state index >= 15 is 0 Å². The molecular weight excluding hydrogens is 1090 g/mol. The summed E-state index contributed by atoms with van der Waals surface area (Å²) in [6, 6.07) is 32.7. The van der Waals surface area contributed by atoms with Crippen LogP contribution in [0.3, 0.4) is 0 Å². The third-order valence-corrected chi connectivity index (χ3v) is 13.9. The fraction of sp³-hybridized carbons (Fsp3) is 0.0256. The monoisotopic (exact) mass is 1120 g/mol. The van der Waals surface area contributed by atoms with Crippen LogP contribution in [0.25, 0.3) is 0 Å². The van der Waals surface area contributed by atoms with Crippen LogP contribution in [0.2, 0.25) is 10.0 Å². The Bertz CT molecular complexity index is 2730. The number of hydrogen-bond acceptors (Lipinski definition) is 6. The van der Waals surface area contributed by atoms with Crippen molar-refractivity contribution < 1.29 is 30.8 Å². The number of halogens is 7. The van der Waals surface area contributed by atoms with Crippen molar-refractivity contribution in [2.45, 2.75) is 16.7 Å². The maximum absolute atomic E-state index is 13.4. The predicted octanol–water partition coefficient (Wildman–Crippen LogP) is 12.2. The first kappa shape index (κ1) is 45.3. The number of sulfonamides is 2. The molecule has 3 N–H and O–H groups in total. The van der Waals surface area contributed by atoms with E-state index in [1.54, 1.807) is 97.9 Å². The Morgan fingerprint density at radius 1 is 0.672 bits per heavy atom. The van der Waals surface area contributed by atoms with E-state index in [-0.39, 0.29) is 37.3 Å². The fourth-order valence-electron chi connectivity index (χ4n) is 5.02. The number of benzene rings is 6. The van der Waals surface area contributed by atoms with E-state index in [2.05, 4.69) is 78.7 Å². The van der Waals surface area contributed by atoms with Crippen molar-refractivity contribution in [2.75, 3.05) is 18.7 Å². The molecule has 0 aromatic heterocycles. The van der Waals surface area contributed by atoms with Gasteiger partial charge >= 0.3 is 0 Å². The highest BCUT2D eigenvalue weighted by Gasteiger charge is 2.25. The van der Waals surface area contributed by atoms with Gasteiger partial charge in [0.05, 0.1) is 59.1 Å². The van der Waals surface area contributed by atoms with Gasteiger partial charge < -0.3 is 5.32 Å². The van der Waals surface area contributed by atoms with Crippen LogP contribution in [0.15, 0.2) is 151 Å². The molecule has 0 saturated heterocycles. The van der Waals surface area contributed by atoms with Gasteiger partial charge in [-0.05, 0) is 132 Å². The SMILES string of the molecule is Cc1c(Cl)cccc1S(=O)(=O)Nc1c(Br)cccc1C(=O)Nc1ccc(Br)cc1.O=C(c1ccccc1NS(=O)(=O)c1ccc(F)c(Cl)c1)N(Br)c1ccc(Br)cc1. The Morgan fingerprint density at radius 2 is 1.28 bits per heavy atom. The lowest BCUT2D eigenvalue weighted by molar-refractivity contribution is 0.101. The zero-order valence-corrected chi connectivity index (χ0v) is 39.0. The summed E-state index contributed by atoms with van der Waals surface area (Å²) in [4.78, 5) is 25.6. The van der Waals surface area contributed by atoms with Crippen LogP contribution in [-0.2, 0) is 20.0 Å². The summed E-state index contributed by atoms with van der Waals surface area (Å²) in [6.45, 7) is 1.62. The lowest BCUT2D eigenvalue weighted by Gasteiger charge is -2.18. The number of anilines is 4. The van der Waals surface area contributed by atoms with E-state index in [0.717, 1.165) is 27.1 Å². The Kier molecular flexibility index (Phi) is 15.2. The minimum Gasteiger partial charge on any atom is -0.322 e. The molecule has 6 aromatic rings. The summed E-state index contributed by atoms with van der Waals surface area (Å²) in [6.07, 6.45) is 0. The number of rotatable bonds is 10. The quantitative estimate of drug-likeness (QED) is 0.117. The van der Waals surface area contributed by atoms with Crippen LogP contribution >= 0.6 is 87.1 Å². The molecule has 0 radical (unpaired) electrons. The van der Waals surface area contributed by atoms with Gasteiger partial charge in [-0.2, -0.15) is 0 Å². The summed E-state index contributed by atoms with van der Waals surface area (Å²) in [5, 5.41) is 2.78. The molecule has 0 bridgehead atoms. The summed E-state index contributed by atoms with van der Waals surface area (Å²) in [5.74, 6) is -1.66. The van der Waals surface area contributed by atoms with E-state index in [1.165, 1.54) is 22.1 Å². The van der Waals surface area contributed by atoms with Gasteiger partial charge in [0.15, 0.2) is 0 Å². The molecule has 0 aliphatic heterocycles. The van der Waals surface area contributed by atoms with Crippen LogP contribution in [0.1, 0.15) is 26.3 Å². The number of carbonyl (C=O) groups is 2. The molecule has 0 atom stereocenters. The fourth-order valence-corrected chi connectivity index (χ4v) is 9.52. The Balaban J connectivity index is 0.000000221. The van der Waals surface area contributed by atoms with E-state index in [0.29, 0.717) is 26.4 Å². The number of para-hydroxylation sites is 2.